The standard InChI is InChI=1S/C19H22N2O5/c1-12(22)15-7-3-9-20(15)17(23)13-5-2-6-14(11-13)18(24)21-10-4-8-16(21)19(25)26/h2,5-6,11,15-16H,3-4,7-10H2,1H3,(H,25,26)/t15-,16-/m0/s1. The topological polar surface area (TPSA) is 95.0 Å². The summed E-state index contributed by atoms with van der Waals surface area (Å²) >= 11 is 0. The SMILES string of the molecule is CC(=O)[C@@H]1CCCN1C(=O)c1cccc(C(=O)N2CCC[C@H]2C(=O)O)c1. The monoisotopic (exact) mass is 358 g/mol. The molecule has 0 aromatic heterocycles. The molecule has 26 heavy (non-hydrogen) atoms. The van der Waals surface area contributed by atoms with Crippen LogP contribution in [0.5, 0.6) is 0 Å². The van der Waals surface area contributed by atoms with Crippen LogP contribution >= 0.6 is 0 Å². The Kier molecular flexibility index (Phi) is 5.06. The number of carboxylic acid groups (broad SMARTS) is 1. The van der Waals surface area contributed by atoms with Gasteiger partial charge in [-0.25, -0.2) is 4.79 Å². The van der Waals surface area contributed by atoms with Crippen LogP contribution in [-0.2, 0) is 9.59 Å². The maximum atomic E-state index is 12.8. The third-order valence-corrected chi connectivity index (χ3v) is 5.14. The average Bonchev–Trinajstić information content (AvgIpc) is 3.29. The van der Waals surface area contributed by atoms with Crippen molar-refractivity contribution < 1.29 is 24.3 Å². The number of likely N-dealkylation sites (tertiary alicyclic amines) is 2. The highest BCUT2D eigenvalue weighted by atomic mass is 16.4. The molecular formula is C19H22N2O5. The molecule has 0 radical (unpaired) electrons. The number of amides is 2. The average molecular weight is 358 g/mol. The van der Waals surface area contributed by atoms with Crippen LogP contribution < -0.4 is 0 Å². The van der Waals surface area contributed by atoms with Gasteiger partial charge in [0.15, 0.2) is 5.78 Å². The highest BCUT2D eigenvalue weighted by Crippen LogP contribution is 2.23. The summed E-state index contributed by atoms with van der Waals surface area (Å²) in [7, 11) is 0. The summed E-state index contributed by atoms with van der Waals surface area (Å²) in [6.07, 6.45) is 2.53. The molecule has 1 aromatic rings. The number of carbonyl (C=O) groups is 4. The number of carboxylic acids is 1. The number of nitrogens with zero attached hydrogens (tertiary/aromatic N) is 2. The van der Waals surface area contributed by atoms with Crippen LogP contribution in [0, 0.1) is 0 Å². The Morgan fingerprint density at radius 1 is 0.923 bits per heavy atom. The van der Waals surface area contributed by atoms with Crippen LogP contribution in [0.2, 0.25) is 0 Å². The molecular weight excluding hydrogens is 336 g/mol. The molecule has 2 fully saturated rings. The summed E-state index contributed by atoms with van der Waals surface area (Å²) in [6, 6.07) is 5.10. The molecule has 138 valence electrons. The van der Waals surface area contributed by atoms with E-state index >= 15 is 0 Å². The van der Waals surface area contributed by atoms with Crippen molar-refractivity contribution >= 4 is 23.6 Å². The van der Waals surface area contributed by atoms with Gasteiger partial charge in [0.05, 0.1) is 6.04 Å². The lowest BCUT2D eigenvalue weighted by molar-refractivity contribution is -0.141. The normalized spacial score (nSPS) is 22.5. The van der Waals surface area contributed by atoms with Crippen LogP contribution in [0.1, 0.15) is 53.3 Å². The van der Waals surface area contributed by atoms with Crippen molar-refractivity contribution in [1.29, 1.82) is 0 Å². The van der Waals surface area contributed by atoms with E-state index in [1.807, 2.05) is 0 Å². The molecule has 0 unspecified atom stereocenters. The lowest BCUT2D eigenvalue weighted by Crippen LogP contribution is -2.41. The predicted octanol–water partition coefficient (Wildman–Crippen LogP) is 1.57. The first kappa shape index (κ1) is 18.1. The van der Waals surface area contributed by atoms with E-state index in [9.17, 15) is 24.3 Å². The summed E-state index contributed by atoms with van der Waals surface area (Å²) in [5, 5.41) is 9.26. The number of aliphatic carboxylic acids is 1. The van der Waals surface area contributed by atoms with E-state index in [1.54, 1.807) is 23.1 Å². The Morgan fingerprint density at radius 3 is 1.92 bits per heavy atom. The first-order chi connectivity index (χ1) is 12.4. The van der Waals surface area contributed by atoms with Gasteiger partial charge in [-0.1, -0.05) is 6.07 Å². The Bertz CT molecular complexity index is 701. The Hall–Kier alpha value is -2.70. The third kappa shape index (κ3) is 3.34. The number of hydrogen-bond donors (Lipinski definition) is 1. The molecule has 2 heterocycles. The molecule has 0 bridgehead atoms. The van der Waals surface area contributed by atoms with Gasteiger partial charge in [0.1, 0.15) is 6.04 Å². The molecule has 1 N–H and O–H groups in total. The zero-order valence-corrected chi connectivity index (χ0v) is 14.7. The molecule has 0 aliphatic carbocycles. The second kappa shape index (κ2) is 7.27. The van der Waals surface area contributed by atoms with Gasteiger partial charge in [0.25, 0.3) is 11.8 Å². The smallest absolute Gasteiger partial charge is 0.326 e. The number of hydrogen-bond acceptors (Lipinski definition) is 4. The van der Waals surface area contributed by atoms with Gasteiger partial charge in [-0.3, -0.25) is 14.4 Å². The first-order valence-corrected chi connectivity index (χ1v) is 8.85. The molecule has 2 amide bonds. The van der Waals surface area contributed by atoms with Crippen LogP contribution in [0.25, 0.3) is 0 Å². The van der Waals surface area contributed by atoms with E-state index in [2.05, 4.69) is 0 Å². The highest BCUT2D eigenvalue weighted by Gasteiger charge is 2.35. The molecule has 2 aliphatic rings. The summed E-state index contributed by atoms with van der Waals surface area (Å²) in [5.74, 6) is -1.70. The molecule has 0 saturated carbocycles. The lowest BCUT2D eigenvalue weighted by Gasteiger charge is -2.24. The Labute approximate surface area is 151 Å². The minimum Gasteiger partial charge on any atom is -0.480 e. The van der Waals surface area contributed by atoms with Crippen molar-refractivity contribution in [2.24, 2.45) is 0 Å². The van der Waals surface area contributed by atoms with Crippen molar-refractivity contribution in [3.8, 4) is 0 Å². The molecule has 7 nitrogen and oxygen atoms in total. The van der Waals surface area contributed by atoms with Crippen LogP contribution in [0.3, 0.4) is 0 Å². The van der Waals surface area contributed by atoms with Crippen LogP contribution in [0.15, 0.2) is 24.3 Å². The summed E-state index contributed by atoms with van der Waals surface area (Å²) < 4.78 is 0. The zero-order chi connectivity index (χ0) is 18.8. The van der Waals surface area contributed by atoms with Gasteiger partial charge in [0, 0.05) is 24.2 Å². The predicted molar refractivity (Wildman–Crippen MR) is 92.9 cm³/mol. The molecule has 2 atom stereocenters. The second-order valence-corrected chi connectivity index (χ2v) is 6.84. The third-order valence-electron chi connectivity index (χ3n) is 5.14. The van der Waals surface area contributed by atoms with Gasteiger partial charge < -0.3 is 14.9 Å². The number of benzene rings is 1. The maximum absolute atomic E-state index is 12.8. The fourth-order valence-corrected chi connectivity index (χ4v) is 3.82. The summed E-state index contributed by atoms with van der Waals surface area (Å²) in [5.41, 5.74) is 0.637. The molecule has 0 spiro atoms. The van der Waals surface area contributed by atoms with Crippen molar-refractivity contribution in [2.45, 2.75) is 44.7 Å². The van der Waals surface area contributed by atoms with Crippen molar-refractivity contribution in [2.75, 3.05) is 13.1 Å². The maximum Gasteiger partial charge on any atom is 0.326 e. The summed E-state index contributed by atoms with van der Waals surface area (Å²) in [6.45, 7) is 2.40. The molecule has 1 aromatic carbocycles. The van der Waals surface area contributed by atoms with E-state index in [-0.39, 0.29) is 17.6 Å². The number of rotatable bonds is 4. The van der Waals surface area contributed by atoms with Crippen LogP contribution in [-0.4, -0.2) is 63.6 Å². The van der Waals surface area contributed by atoms with E-state index in [0.717, 1.165) is 6.42 Å². The molecule has 2 saturated heterocycles. The van der Waals surface area contributed by atoms with Crippen molar-refractivity contribution in [3.05, 3.63) is 35.4 Å². The van der Waals surface area contributed by atoms with E-state index < -0.39 is 18.1 Å². The molecule has 7 heteroatoms. The van der Waals surface area contributed by atoms with Gasteiger partial charge in [-0.15, -0.1) is 0 Å². The van der Waals surface area contributed by atoms with Crippen molar-refractivity contribution in [1.82, 2.24) is 9.80 Å². The van der Waals surface area contributed by atoms with Crippen molar-refractivity contribution in [3.63, 3.8) is 0 Å². The van der Waals surface area contributed by atoms with E-state index in [0.29, 0.717) is 43.5 Å². The highest BCUT2D eigenvalue weighted by molar-refractivity contribution is 6.02. The quantitative estimate of drug-likeness (QED) is 0.881. The van der Waals surface area contributed by atoms with Gasteiger partial charge >= 0.3 is 5.97 Å². The van der Waals surface area contributed by atoms with E-state index in [4.69, 9.17) is 0 Å². The largest absolute Gasteiger partial charge is 0.480 e. The Balaban J connectivity index is 1.82. The molecule has 3 rings (SSSR count). The second-order valence-electron chi connectivity index (χ2n) is 6.84. The first-order valence-electron chi connectivity index (χ1n) is 8.85. The Morgan fingerprint density at radius 2 is 1.42 bits per heavy atom. The minimum atomic E-state index is -1.01. The van der Waals surface area contributed by atoms with Gasteiger partial charge in [0.2, 0.25) is 0 Å². The van der Waals surface area contributed by atoms with Crippen LogP contribution in [0.4, 0.5) is 0 Å². The number of Topliss-reactive ketones (excluding diaryl/α,β-unsaturated/α-hetero) is 1. The minimum absolute atomic E-state index is 0.0375. The zero-order valence-electron chi connectivity index (χ0n) is 14.7. The fraction of sp³-hybridized carbons (Fsp3) is 0.474. The van der Waals surface area contributed by atoms with Gasteiger partial charge in [-0.05, 0) is 50.8 Å². The molecule has 2 aliphatic heterocycles. The lowest BCUT2D eigenvalue weighted by atomic mass is 10.1. The van der Waals surface area contributed by atoms with Gasteiger partial charge in [-0.2, -0.15) is 0 Å². The fourth-order valence-electron chi connectivity index (χ4n) is 3.82. The summed E-state index contributed by atoms with van der Waals surface area (Å²) in [4.78, 5) is 51.4. The van der Waals surface area contributed by atoms with E-state index in [1.165, 1.54) is 17.9 Å². The number of carbonyl (C=O) groups excluding carboxylic acids is 3. The number of ketones is 1.